The Morgan fingerprint density at radius 3 is 3.00 bits per heavy atom. The SMILES string of the molecule is Cc1cc(CN2CC(O)CC2c2cccc(F)c2)on1. The minimum absolute atomic E-state index is 0.00565. The molecular weight excluding hydrogens is 259 g/mol. The quantitative estimate of drug-likeness (QED) is 0.935. The van der Waals surface area contributed by atoms with Gasteiger partial charge in [0.25, 0.3) is 0 Å². The van der Waals surface area contributed by atoms with E-state index < -0.39 is 6.10 Å². The van der Waals surface area contributed by atoms with Crippen LogP contribution < -0.4 is 0 Å². The van der Waals surface area contributed by atoms with Crippen molar-refractivity contribution < 1.29 is 14.0 Å². The highest BCUT2D eigenvalue weighted by atomic mass is 19.1. The normalized spacial score (nSPS) is 23.4. The highest BCUT2D eigenvalue weighted by molar-refractivity contribution is 5.22. The highest BCUT2D eigenvalue weighted by Gasteiger charge is 2.32. The molecule has 0 saturated carbocycles. The van der Waals surface area contributed by atoms with Crippen LogP contribution >= 0.6 is 0 Å². The minimum Gasteiger partial charge on any atom is -0.392 e. The van der Waals surface area contributed by atoms with Gasteiger partial charge in [0, 0.05) is 18.7 Å². The monoisotopic (exact) mass is 276 g/mol. The van der Waals surface area contributed by atoms with Crippen molar-refractivity contribution in [2.45, 2.75) is 32.0 Å². The van der Waals surface area contributed by atoms with Crippen LogP contribution in [0.5, 0.6) is 0 Å². The van der Waals surface area contributed by atoms with Crippen molar-refractivity contribution in [1.82, 2.24) is 10.1 Å². The Kier molecular flexibility index (Phi) is 3.54. The van der Waals surface area contributed by atoms with E-state index in [4.69, 9.17) is 4.52 Å². The van der Waals surface area contributed by atoms with Crippen molar-refractivity contribution in [2.24, 2.45) is 0 Å². The van der Waals surface area contributed by atoms with Gasteiger partial charge in [-0.05, 0) is 31.0 Å². The van der Waals surface area contributed by atoms with Gasteiger partial charge >= 0.3 is 0 Å². The number of halogens is 1. The summed E-state index contributed by atoms with van der Waals surface area (Å²) in [4.78, 5) is 2.10. The van der Waals surface area contributed by atoms with E-state index in [0.29, 0.717) is 19.5 Å². The Balaban J connectivity index is 1.81. The number of benzene rings is 1. The van der Waals surface area contributed by atoms with E-state index >= 15 is 0 Å². The smallest absolute Gasteiger partial charge is 0.150 e. The number of aryl methyl sites for hydroxylation is 1. The fourth-order valence-electron chi connectivity index (χ4n) is 2.81. The summed E-state index contributed by atoms with van der Waals surface area (Å²) in [6.45, 7) is 3.00. The molecule has 4 nitrogen and oxygen atoms in total. The van der Waals surface area contributed by atoms with Gasteiger partial charge in [-0.15, -0.1) is 0 Å². The Morgan fingerprint density at radius 1 is 1.45 bits per heavy atom. The molecule has 3 rings (SSSR count). The maximum atomic E-state index is 13.4. The molecule has 1 aliphatic heterocycles. The largest absolute Gasteiger partial charge is 0.392 e. The van der Waals surface area contributed by atoms with Crippen molar-refractivity contribution in [3.05, 3.63) is 53.2 Å². The number of hydrogen-bond donors (Lipinski definition) is 1. The number of rotatable bonds is 3. The molecule has 2 aromatic rings. The molecule has 0 bridgehead atoms. The summed E-state index contributed by atoms with van der Waals surface area (Å²) in [5.41, 5.74) is 1.72. The lowest BCUT2D eigenvalue weighted by atomic mass is 10.0. The molecule has 106 valence electrons. The Morgan fingerprint density at radius 2 is 2.30 bits per heavy atom. The fourth-order valence-corrected chi connectivity index (χ4v) is 2.81. The predicted molar refractivity (Wildman–Crippen MR) is 71.4 cm³/mol. The second kappa shape index (κ2) is 5.34. The Hall–Kier alpha value is -1.72. The van der Waals surface area contributed by atoms with Gasteiger partial charge in [-0.2, -0.15) is 0 Å². The van der Waals surface area contributed by atoms with Gasteiger partial charge in [-0.3, -0.25) is 4.90 Å². The maximum absolute atomic E-state index is 13.4. The van der Waals surface area contributed by atoms with Gasteiger partial charge in [-0.25, -0.2) is 4.39 Å². The molecule has 1 fully saturated rings. The second-order valence-corrected chi connectivity index (χ2v) is 5.32. The van der Waals surface area contributed by atoms with Crippen LogP contribution in [0.3, 0.4) is 0 Å². The first-order valence-corrected chi connectivity index (χ1v) is 6.71. The third kappa shape index (κ3) is 2.73. The second-order valence-electron chi connectivity index (χ2n) is 5.32. The van der Waals surface area contributed by atoms with E-state index in [9.17, 15) is 9.50 Å². The van der Waals surface area contributed by atoms with Crippen LogP contribution in [-0.4, -0.2) is 27.8 Å². The van der Waals surface area contributed by atoms with E-state index in [-0.39, 0.29) is 11.9 Å². The molecule has 0 aliphatic carbocycles. The average molecular weight is 276 g/mol. The standard InChI is InChI=1S/C15H17FN2O2/c1-10-5-14(20-17-10)9-18-8-13(19)7-15(18)11-3-2-4-12(16)6-11/h2-6,13,15,19H,7-9H2,1H3. The first-order chi connectivity index (χ1) is 9.61. The molecule has 0 radical (unpaired) electrons. The lowest BCUT2D eigenvalue weighted by molar-refractivity contribution is 0.166. The molecule has 1 aliphatic rings. The number of hydrogen-bond acceptors (Lipinski definition) is 4. The van der Waals surface area contributed by atoms with E-state index in [1.165, 1.54) is 12.1 Å². The third-order valence-corrected chi connectivity index (χ3v) is 3.65. The number of aliphatic hydroxyl groups excluding tert-OH is 1. The van der Waals surface area contributed by atoms with Crippen LogP contribution in [0.4, 0.5) is 4.39 Å². The maximum Gasteiger partial charge on any atom is 0.150 e. The number of aliphatic hydroxyl groups is 1. The van der Waals surface area contributed by atoms with Gasteiger partial charge < -0.3 is 9.63 Å². The summed E-state index contributed by atoms with van der Waals surface area (Å²) in [6.07, 6.45) is 0.212. The molecule has 0 spiro atoms. The Labute approximate surface area is 116 Å². The van der Waals surface area contributed by atoms with Crippen molar-refractivity contribution >= 4 is 0 Å². The summed E-state index contributed by atoms with van der Waals surface area (Å²) in [7, 11) is 0. The van der Waals surface area contributed by atoms with Crippen molar-refractivity contribution in [3.8, 4) is 0 Å². The number of nitrogens with zero attached hydrogens (tertiary/aromatic N) is 2. The first-order valence-electron chi connectivity index (χ1n) is 6.71. The van der Waals surface area contributed by atoms with E-state index in [1.54, 1.807) is 6.07 Å². The van der Waals surface area contributed by atoms with Gasteiger partial charge in [0.1, 0.15) is 5.82 Å². The van der Waals surface area contributed by atoms with E-state index in [0.717, 1.165) is 17.0 Å². The molecule has 1 N–H and O–H groups in total. The van der Waals surface area contributed by atoms with Gasteiger partial charge in [0.2, 0.25) is 0 Å². The molecule has 2 atom stereocenters. The number of β-amino-alcohol motifs (C(OH)–C–C–N with tert-alkyl or cyclic N) is 1. The summed E-state index contributed by atoms with van der Waals surface area (Å²) >= 11 is 0. The van der Waals surface area contributed by atoms with Gasteiger partial charge in [-0.1, -0.05) is 17.3 Å². The summed E-state index contributed by atoms with van der Waals surface area (Å²) in [5.74, 6) is 0.511. The molecule has 1 aromatic carbocycles. The zero-order chi connectivity index (χ0) is 14.1. The minimum atomic E-state index is -0.396. The van der Waals surface area contributed by atoms with Crippen molar-refractivity contribution in [1.29, 1.82) is 0 Å². The zero-order valence-corrected chi connectivity index (χ0v) is 11.3. The van der Waals surface area contributed by atoms with Crippen LogP contribution in [0.15, 0.2) is 34.9 Å². The molecule has 2 unspecified atom stereocenters. The third-order valence-electron chi connectivity index (χ3n) is 3.65. The number of likely N-dealkylation sites (tertiary alicyclic amines) is 1. The highest BCUT2D eigenvalue weighted by Crippen LogP contribution is 2.33. The predicted octanol–water partition coefficient (Wildman–Crippen LogP) is 2.43. The zero-order valence-electron chi connectivity index (χ0n) is 11.3. The molecule has 20 heavy (non-hydrogen) atoms. The van der Waals surface area contributed by atoms with Gasteiger partial charge in [0.05, 0.1) is 18.3 Å². The molecular formula is C15H17FN2O2. The molecule has 5 heteroatoms. The summed E-state index contributed by atoms with van der Waals surface area (Å²) < 4.78 is 18.6. The molecule has 1 aromatic heterocycles. The molecule has 0 amide bonds. The van der Waals surface area contributed by atoms with Crippen molar-refractivity contribution in [3.63, 3.8) is 0 Å². The molecule has 2 heterocycles. The summed E-state index contributed by atoms with van der Waals surface area (Å²) in [6, 6.07) is 8.44. The number of aromatic nitrogens is 1. The van der Waals surface area contributed by atoms with Gasteiger partial charge in [0.15, 0.2) is 5.76 Å². The van der Waals surface area contributed by atoms with Crippen LogP contribution in [0.1, 0.15) is 29.5 Å². The van der Waals surface area contributed by atoms with Crippen LogP contribution in [0.2, 0.25) is 0 Å². The van der Waals surface area contributed by atoms with Crippen LogP contribution in [0.25, 0.3) is 0 Å². The van der Waals surface area contributed by atoms with E-state index in [2.05, 4.69) is 10.1 Å². The van der Waals surface area contributed by atoms with Crippen LogP contribution in [0, 0.1) is 12.7 Å². The van der Waals surface area contributed by atoms with Crippen molar-refractivity contribution in [2.75, 3.05) is 6.54 Å². The Bertz CT molecular complexity index is 599. The topological polar surface area (TPSA) is 49.5 Å². The summed E-state index contributed by atoms with van der Waals surface area (Å²) in [5, 5.41) is 13.8. The van der Waals surface area contributed by atoms with Crippen LogP contribution in [-0.2, 0) is 6.54 Å². The average Bonchev–Trinajstić information content (AvgIpc) is 2.96. The van der Waals surface area contributed by atoms with E-state index in [1.807, 2.05) is 19.1 Å². The lowest BCUT2D eigenvalue weighted by Gasteiger charge is -2.23. The molecule has 1 saturated heterocycles. The lowest BCUT2D eigenvalue weighted by Crippen LogP contribution is -2.24. The first kappa shape index (κ1) is 13.3. The fraction of sp³-hybridized carbons (Fsp3) is 0.400.